The van der Waals surface area contributed by atoms with Gasteiger partial charge in [0.2, 0.25) is 0 Å². The van der Waals surface area contributed by atoms with Gasteiger partial charge in [-0.15, -0.1) is 0 Å². The maximum Gasteiger partial charge on any atom is 0.279 e. The highest BCUT2D eigenvalue weighted by molar-refractivity contribution is 6.36. The molecule has 0 aliphatic heterocycles. The Morgan fingerprint density at radius 1 is 1.23 bits per heavy atom. The van der Waals surface area contributed by atoms with Crippen LogP contribution in [0.3, 0.4) is 0 Å². The first-order valence-corrected chi connectivity index (χ1v) is 8.46. The van der Waals surface area contributed by atoms with E-state index in [0.29, 0.717) is 22.1 Å². The van der Waals surface area contributed by atoms with E-state index in [-0.39, 0.29) is 23.1 Å². The molecule has 0 atom stereocenters. The quantitative estimate of drug-likeness (QED) is 0.673. The molecule has 0 aliphatic carbocycles. The lowest BCUT2D eigenvalue weighted by Crippen LogP contribution is -2.16. The Hall–Kier alpha value is -2.57. The number of ether oxygens (including phenoxy) is 1. The van der Waals surface area contributed by atoms with Gasteiger partial charge in [0.15, 0.2) is 11.5 Å². The molecule has 0 aliphatic rings. The monoisotopic (exact) mass is 391 g/mol. The molecule has 1 aromatic carbocycles. The fourth-order valence-corrected chi connectivity index (χ4v) is 2.63. The molecule has 8 heteroatoms. The van der Waals surface area contributed by atoms with Gasteiger partial charge in [0.05, 0.1) is 15.6 Å². The van der Waals surface area contributed by atoms with E-state index in [2.05, 4.69) is 15.5 Å². The van der Waals surface area contributed by atoms with Crippen LogP contribution in [0.1, 0.15) is 27.4 Å². The van der Waals surface area contributed by atoms with E-state index in [9.17, 15) is 4.79 Å². The number of carbonyl (C=O) groups excluding carboxylic acids is 1. The predicted molar refractivity (Wildman–Crippen MR) is 99.0 cm³/mol. The third kappa shape index (κ3) is 4.15. The Labute approximate surface area is 160 Å². The van der Waals surface area contributed by atoms with Crippen LogP contribution in [0.15, 0.2) is 41.1 Å². The summed E-state index contributed by atoms with van der Waals surface area (Å²) in [5.41, 5.74) is 1.79. The summed E-state index contributed by atoms with van der Waals surface area (Å²) in [4.78, 5) is 16.5. The van der Waals surface area contributed by atoms with Gasteiger partial charge in [-0.25, -0.2) is 4.98 Å². The highest BCUT2D eigenvalue weighted by Crippen LogP contribution is 2.24. The summed E-state index contributed by atoms with van der Waals surface area (Å²) < 4.78 is 10.9. The summed E-state index contributed by atoms with van der Waals surface area (Å²) >= 11 is 11.8. The number of aromatic nitrogens is 2. The van der Waals surface area contributed by atoms with E-state index >= 15 is 0 Å². The van der Waals surface area contributed by atoms with Gasteiger partial charge in [0.1, 0.15) is 18.1 Å². The smallest absolute Gasteiger partial charge is 0.279 e. The fourth-order valence-electron chi connectivity index (χ4n) is 2.20. The number of nitrogens with zero attached hydrogens (tertiary/aromatic N) is 2. The fraction of sp³-hybridized carbons (Fsp3) is 0.167. The molecule has 3 rings (SSSR count). The maximum atomic E-state index is 12.5. The lowest BCUT2D eigenvalue weighted by Gasteiger charge is -2.08. The number of amides is 1. The molecule has 1 amide bonds. The second kappa shape index (κ2) is 7.76. The zero-order valence-corrected chi connectivity index (χ0v) is 15.6. The van der Waals surface area contributed by atoms with E-state index in [4.69, 9.17) is 32.5 Å². The SMILES string of the molecule is Cc1ccc(OCc2c(C(=O)Nc3ncc(Cl)cc3Cl)noc2C)cc1. The number of anilines is 1. The van der Waals surface area contributed by atoms with Crippen molar-refractivity contribution in [1.82, 2.24) is 10.1 Å². The van der Waals surface area contributed by atoms with Crippen LogP contribution in [0.5, 0.6) is 5.75 Å². The van der Waals surface area contributed by atoms with Crippen molar-refractivity contribution in [3.05, 3.63) is 69.2 Å². The number of halogens is 2. The first kappa shape index (κ1) is 18.2. The Bertz CT molecular complexity index is 939. The van der Waals surface area contributed by atoms with Crippen molar-refractivity contribution in [3.8, 4) is 5.75 Å². The standard InChI is InChI=1S/C18H15Cl2N3O3/c1-10-3-5-13(6-4-10)25-9-14-11(2)26-23-16(14)18(24)22-17-15(20)7-12(19)8-21-17/h3-8H,9H2,1-2H3,(H,21,22,24). The number of nitrogens with one attached hydrogen (secondary N) is 1. The minimum Gasteiger partial charge on any atom is -0.489 e. The minimum atomic E-state index is -0.499. The topological polar surface area (TPSA) is 77.2 Å². The Morgan fingerprint density at radius 3 is 2.65 bits per heavy atom. The minimum absolute atomic E-state index is 0.113. The molecule has 0 bridgehead atoms. The normalized spacial score (nSPS) is 10.6. The number of carbonyl (C=O) groups is 1. The summed E-state index contributed by atoms with van der Waals surface area (Å²) in [6.07, 6.45) is 1.39. The summed E-state index contributed by atoms with van der Waals surface area (Å²) in [5.74, 6) is 0.871. The van der Waals surface area contributed by atoms with Gasteiger partial charge in [-0.3, -0.25) is 4.79 Å². The average Bonchev–Trinajstić information content (AvgIpc) is 2.98. The second-order valence-electron chi connectivity index (χ2n) is 5.61. The van der Waals surface area contributed by atoms with Gasteiger partial charge in [0.25, 0.3) is 5.91 Å². The van der Waals surface area contributed by atoms with Gasteiger partial charge >= 0.3 is 0 Å². The summed E-state index contributed by atoms with van der Waals surface area (Å²) in [5, 5.41) is 7.01. The highest BCUT2D eigenvalue weighted by Gasteiger charge is 2.21. The molecule has 26 heavy (non-hydrogen) atoms. The van der Waals surface area contributed by atoms with E-state index in [1.54, 1.807) is 6.92 Å². The van der Waals surface area contributed by atoms with Crippen LogP contribution >= 0.6 is 23.2 Å². The second-order valence-corrected chi connectivity index (χ2v) is 6.45. The van der Waals surface area contributed by atoms with Gasteiger partial charge in [-0.05, 0) is 32.0 Å². The zero-order chi connectivity index (χ0) is 18.7. The molecule has 0 unspecified atom stereocenters. The van der Waals surface area contributed by atoms with Crippen molar-refractivity contribution in [2.45, 2.75) is 20.5 Å². The van der Waals surface area contributed by atoms with Gasteiger partial charge < -0.3 is 14.6 Å². The molecule has 2 aromatic heterocycles. The molecule has 2 heterocycles. The van der Waals surface area contributed by atoms with Crippen LogP contribution in [0.2, 0.25) is 10.0 Å². The molecular weight excluding hydrogens is 377 g/mol. The third-order valence-corrected chi connectivity index (χ3v) is 4.14. The molecule has 0 saturated carbocycles. The van der Waals surface area contributed by atoms with Gasteiger partial charge in [0, 0.05) is 6.20 Å². The Morgan fingerprint density at radius 2 is 1.96 bits per heavy atom. The molecule has 0 radical (unpaired) electrons. The summed E-state index contributed by atoms with van der Waals surface area (Å²) in [6, 6.07) is 9.08. The number of hydrogen-bond acceptors (Lipinski definition) is 5. The first-order valence-electron chi connectivity index (χ1n) is 7.71. The van der Waals surface area contributed by atoms with Crippen LogP contribution in [0.25, 0.3) is 0 Å². The largest absolute Gasteiger partial charge is 0.489 e. The molecule has 0 fully saturated rings. The van der Waals surface area contributed by atoms with Crippen LogP contribution in [-0.2, 0) is 6.61 Å². The highest BCUT2D eigenvalue weighted by atomic mass is 35.5. The van der Waals surface area contributed by atoms with Crippen molar-refractivity contribution in [1.29, 1.82) is 0 Å². The molecule has 3 aromatic rings. The average molecular weight is 392 g/mol. The Kier molecular flexibility index (Phi) is 5.44. The number of hydrogen-bond donors (Lipinski definition) is 1. The third-order valence-electron chi connectivity index (χ3n) is 3.64. The van der Waals surface area contributed by atoms with Crippen LogP contribution in [-0.4, -0.2) is 16.0 Å². The summed E-state index contributed by atoms with van der Waals surface area (Å²) in [6.45, 7) is 3.85. The maximum absolute atomic E-state index is 12.5. The molecular formula is C18H15Cl2N3O3. The molecule has 134 valence electrons. The lowest BCUT2D eigenvalue weighted by molar-refractivity contribution is 0.101. The van der Waals surface area contributed by atoms with E-state index in [1.165, 1.54) is 12.3 Å². The zero-order valence-electron chi connectivity index (χ0n) is 14.0. The van der Waals surface area contributed by atoms with Crippen LogP contribution < -0.4 is 10.1 Å². The summed E-state index contributed by atoms with van der Waals surface area (Å²) in [7, 11) is 0. The van der Waals surface area contributed by atoms with E-state index in [1.807, 2.05) is 31.2 Å². The number of pyridine rings is 1. The van der Waals surface area contributed by atoms with Crippen LogP contribution in [0.4, 0.5) is 5.82 Å². The molecule has 0 spiro atoms. The Balaban J connectivity index is 1.76. The lowest BCUT2D eigenvalue weighted by atomic mass is 10.2. The van der Waals surface area contributed by atoms with Crippen molar-refractivity contribution in [2.24, 2.45) is 0 Å². The van der Waals surface area contributed by atoms with Crippen molar-refractivity contribution in [3.63, 3.8) is 0 Å². The first-order chi connectivity index (χ1) is 12.4. The van der Waals surface area contributed by atoms with E-state index in [0.717, 1.165) is 5.56 Å². The molecule has 0 saturated heterocycles. The number of rotatable bonds is 5. The molecule has 6 nitrogen and oxygen atoms in total. The van der Waals surface area contributed by atoms with Crippen molar-refractivity contribution in [2.75, 3.05) is 5.32 Å². The number of aryl methyl sites for hydroxylation is 2. The number of benzene rings is 1. The van der Waals surface area contributed by atoms with Gasteiger partial charge in [-0.2, -0.15) is 0 Å². The predicted octanol–water partition coefficient (Wildman–Crippen LogP) is 4.82. The van der Waals surface area contributed by atoms with E-state index < -0.39 is 5.91 Å². The van der Waals surface area contributed by atoms with Crippen LogP contribution in [0, 0.1) is 13.8 Å². The van der Waals surface area contributed by atoms with Gasteiger partial charge in [-0.1, -0.05) is 46.1 Å². The molecule has 1 N–H and O–H groups in total. The van der Waals surface area contributed by atoms with Crippen molar-refractivity contribution < 1.29 is 14.1 Å². The van der Waals surface area contributed by atoms with Crippen molar-refractivity contribution >= 4 is 34.9 Å².